The highest BCUT2D eigenvalue weighted by Gasteiger charge is 2.34. The lowest BCUT2D eigenvalue weighted by atomic mass is 10.2. The fourth-order valence-electron chi connectivity index (χ4n) is 1.68. The summed E-state index contributed by atoms with van der Waals surface area (Å²) in [5.74, 6) is 0.716. The molecule has 1 saturated carbocycles. The number of thiazole rings is 1. The molecule has 1 aliphatic carbocycles. The van der Waals surface area contributed by atoms with Crippen molar-refractivity contribution >= 4 is 11.3 Å². The third kappa shape index (κ3) is 2.77. The highest BCUT2D eigenvalue weighted by molar-refractivity contribution is 7.11. The van der Waals surface area contributed by atoms with E-state index in [1.165, 1.54) is 17.7 Å². The third-order valence-electron chi connectivity index (χ3n) is 2.67. The Labute approximate surface area is 94.9 Å². The first-order valence-electron chi connectivity index (χ1n) is 5.53. The number of ether oxygens (including phenoxy) is 1. The molecule has 15 heavy (non-hydrogen) atoms. The summed E-state index contributed by atoms with van der Waals surface area (Å²) in [4.78, 5) is 5.76. The molecule has 0 bridgehead atoms. The van der Waals surface area contributed by atoms with E-state index >= 15 is 0 Å². The van der Waals surface area contributed by atoms with Crippen LogP contribution in [0.4, 0.5) is 0 Å². The molecule has 1 atom stereocenters. The van der Waals surface area contributed by atoms with E-state index in [0.717, 1.165) is 18.1 Å². The van der Waals surface area contributed by atoms with Crippen molar-refractivity contribution in [2.75, 3.05) is 13.7 Å². The minimum absolute atomic E-state index is 0.241. The average Bonchev–Trinajstić information content (AvgIpc) is 2.96. The molecule has 0 aromatic carbocycles. The van der Waals surface area contributed by atoms with E-state index in [4.69, 9.17) is 4.74 Å². The number of nitrogens with zero attached hydrogens (tertiary/aromatic N) is 1. The molecule has 0 spiro atoms. The molecule has 84 valence electrons. The van der Waals surface area contributed by atoms with Gasteiger partial charge in [0.1, 0.15) is 11.1 Å². The van der Waals surface area contributed by atoms with E-state index < -0.39 is 0 Å². The smallest absolute Gasteiger partial charge is 0.122 e. The van der Waals surface area contributed by atoms with Gasteiger partial charge in [0.25, 0.3) is 0 Å². The van der Waals surface area contributed by atoms with Crippen LogP contribution in [0.5, 0.6) is 0 Å². The van der Waals surface area contributed by atoms with Gasteiger partial charge in [0, 0.05) is 24.7 Å². The van der Waals surface area contributed by atoms with Crippen LogP contribution in [-0.4, -0.2) is 18.6 Å². The molecule has 1 heterocycles. The van der Waals surface area contributed by atoms with Gasteiger partial charge in [0.15, 0.2) is 0 Å². The van der Waals surface area contributed by atoms with Crippen molar-refractivity contribution in [3.05, 3.63) is 16.1 Å². The zero-order valence-corrected chi connectivity index (χ0v) is 10.1. The molecule has 1 aromatic heterocycles. The van der Waals surface area contributed by atoms with Crippen molar-refractivity contribution in [1.82, 2.24) is 10.3 Å². The van der Waals surface area contributed by atoms with Crippen molar-refractivity contribution in [2.24, 2.45) is 5.92 Å². The summed E-state index contributed by atoms with van der Waals surface area (Å²) < 4.78 is 5.51. The van der Waals surface area contributed by atoms with Gasteiger partial charge in [-0.1, -0.05) is 6.92 Å². The van der Waals surface area contributed by atoms with E-state index in [1.807, 2.05) is 6.20 Å². The molecule has 0 saturated heterocycles. The molecule has 3 nitrogen and oxygen atoms in total. The van der Waals surface area contributed by atoms with Gasteiger partial charge < -0.3 is 10.1 Å². The van der Waals surface area contributed by atoms with Crippen LogP contribution in [0.1, 0.15) is 35.8 Å². The fraction of sp³-hybridized carbons (Fsp3) is 0.727. The van der Waals surface area contributed by atoms with Crippen molar-refractivity contribution in [2.45, 2.75) is 32.4 Å². The molecule has 1 fully saturated rings. The largest absolute Gasteiger partial charge is 0.374 e. The van der Waals surface area contributed by atoms with Gasteiger partial charge in [-0.05, 0) is 25.3 Å². The second kappa shape index (κ2) is 5.05. The summed E-state index contributed by atoms with van der Waals surface area (Å²) in [5, 5.41) is 4.46. The second-order valence-electron chi connectivity index (χ2n) is 3.94. The quantitative estimate of drug-likeness (QED) is 0.808. The Hall–Kier alpha value is -0.450. The molecule has 1 unspecified atom stereocenters. The van der Waals surface area contributed by atoms with Crippen molar-refractivity contribution in [3.8, 4) is 0 Å². The summed E-state index contributed by atoms with van der Waals surface area (Å²) in [6.07, 6.45) is 4.79. The van der Waals surface area contributed by atoms with E-state index in [9.17, 15) is 0 Å². The molecule has 0 radical (unpaired) electrons. The normalized spacial score (nSPS) is 18.0. The zero-order valence-electron chi connectivity index (χ0n) is 9.32. The van der Waals surface area contributed by atoms with Gasteiger partial charge in [-0.25, -0.2) is 4.98 Å². The molecular weight excluding hydrogens is 208 g/mol. The van der Waals surface area contributed by atoms with Crippen molar-refractivity contribution in [3.63, 3.8) is 0 Å². The van der Waals surface area contributed by atoms with Gasteiger partial charge in [-0.3, -0.25) is 0 Å². The summed E-state index contributed by atoms with van der Waals surface area (Å²) in [5.41, 5.74) is 0. The van der Waals surface area contributed by atoms with Gasteiger partial charge in [0.05, 0.1) is 0 Å². The molecule has 1 aromatic rings. The lowest BCUT2D eigenvalue weighted by Gasteiger charge is -2.10. The van der Waals surface area contributed by atoms with E-state index in [2.05, 4.69) is 17.2 Å². The van der Waals surface area contributed by atoms with Gasteiger partial charge in [0.2, 0.25) is 0 Å². The zero-order chi connectivity index (χ0) is 10.7. The van der Waals surface area contributed by atoms with Crippen molar-refractivity contribution in [1.29, 1.82) is 0 Å². The average molecular weight is 226 g/mol. The first-order valence-corrected chi connectivity index (χ1v) is 6.35. The van der Waals surface area contributed by atoms with Crippen molar-refractivity contribution < 1.29 is 4.74 Å². The Morgan fingerprint density at radius 1 is 1.67 bits per heavy atom. The molecule has 0 aliphatic heterocycles. The maximum Gasteiger partial charge on any atom is 0.122 e. The predicted molar refractivity (Wildman–Crippen MR) is 62.0 cm³/mol. The van der Waals surface area contributed by atoms with Gasteiger partial charge in [-0.2, -0.15) is 0 Å². The number of rotatable bonds is 6. The standard InChI is InChI=1S/C11H18N2OS/c1-3-12-6-9-7-13-11(15-9)10(14-2)8-4-5-8/h7-8,10,12H,3-6H2,1-2H3. The number of methoxy groups -OCH3 is 1. The number of nitrogens with one attached hydrogen (secondary N) is 1. The van der Waals surface area contributed by atoms with Crippen LogP contribution in [0, 0.1) is 5.92 Å². The van der Waals surface area contributed by atoms with E-state index in [-0.39, 0.29) is 6.10 Å². The topological polar surface area (TPSA) is 34.2 Å². The summed E-state index contributed by atoms with van der Waals surface area (Å²) in [7, 11) is 1.79. The second-order valence-corrected chi connectivity index (χ2v) is 5.09. The number of hydrogen-bond acceptors (Lipinski definition) is 4. The Balaban J connectivity index is 1.98. The Morgan fingerprint density at radius 3 is 3.07 bits per heavy atom. The van der Waals surface area contributed by atoms with Gasteiger partial charge >= 0.3 is 0 Å². The lowest BCUT2D eigenvalue weighted by Crippen LogP contribution is -2.10. The van der Waals surface area contributed by atoms with Crippen LogP contribution in [0.25, 0.3) is 0 Å². The maximum absolute atomic E-state index is 5.51. The van der Waals surface area contributed by atoms with E-state index in [0.29, 0.717) is 5.92 Å². The molecule has 2 rings (SSSR count). The maximum atomic E-state index is 5.51. The molecular formula is C11H18N2OS. The van der Waals surface area contributed by atoms with Crippen LogP contribution < -0.4 is 5.32 Å². The van der Waals surface area contributed by atoms with E-state index in [1.54, 1.807) is 18.4 Å². The lowest BCUT2D eigenvalue weighted by molar-refractivity contribution is 0.0844. The number of hydrogen-bond donors (Lipinski definition) is 1. The Kier molecular flexibility index (Phi) is 3.72. The van der Waals surface area contributed by atoms with Crippen LogP contribution in [0.15, 0.2) is 6.20 Å². The molecule has 0 amide bonds. The Morgan fingerprint density at radius 2 is 2.47 bits per heavy atom. The first-order chi connectivity index (χ1) is 7.35. The highest BCUT2D eigenvalue weighted by Crippen LogP contribution is 2.43. The summed E-state index contributed by atoms with van der Waals surface area (Å²) >= 11 is 1.78. The SMILES string of the molecule is CCNCc1cnc(C(OC)C2CC2)s1. The van der Waals surface area contributed by atoms with Crippen LogP contribution in [0.2, 0.25) is 0 Å². The minimum atomic E-state index is 0.241. The van der Waals surface area contributed by atoms with Crippen LogP contribution in [0.3, 0.4) is 0 Å². The molecule has 4 heteroatoms. The van der Waals surface area contributed by atoms with Gasteiger partial charge in [-0.15, -0.1) is 11.3 Å². The summed E-state index contributed by atoms with van der Waals surface area (Å²) in [6.45, 7) is 4.04. The molecule has 1 aliphatic rings. The minimum Gasteiger partial charge on any atom is -0.374 e. The number of aromatic nitrogens is 1. The Bertz CT molecular complexity index is 309. The van der Waals surface area contributed by atoms with Crippen LogP contribution >= 0.6 is 11.3 Å². The summed E-state index contributed by atoms with van der Waals surface area (Å²) in [6, 6.07) is 0. The third-order valence-corrected chi connectivity index (χ3v) is 3.73. The first kappa shape index (κ1) is 11.0. The monoisotopic (exact) mass is 226 g/mol. The highest BCUT2D eigenvalue weighted by atomic mass is 32.1. The predicted octanol–water partition coefficient (Wildman–Crippen LogP) is 2.35. The molecule has 1 N–H and O–H groups in total. The van der Waals surface area contributed by atoms with Crippen LogP contribution in [-0.2, 0) is 11.3 Å². The fourth-order valence-corrected chi connectivity index (χ4v) is 2.74.